The van der Waals surface area contributed by atoms with Crippen molar-refractivity contribution >= 4 is 16.4 Å². The van der Waals surface area contributed by atoms with E-state index in [1.165, 1.54) is 5.56 Å². The molecule has 0 bridgehead atoms. The van der Waals surface area contributed by atoms with Gasteiger partial charge >= 0.3 is 0 Å². The summed E-state index contributed by atoms with van der Waals surface area (Å²) in [5.41, 5.74) is 3.14. The van der Waals surface area contributed by atoms with Gasteiger partial charge in [-0.3, -0.25) is 4.98 Å². The van der Waals surface area contributed by atoms with Crippen LogP contribution in [0.25, 0.3) is 27.9 Å². The van der Waals surface area contributed by atoms with Gasteiger partial charge in [0.15, 0.2) is 17.1 Å². The van der Waals surface area contributed by atoms with Crippen molar-refractivity contribution in [2.45, 2.75) is 25.6 Å². The molecule has 4 aromatic heterocycles. The number of hydrogen-bond donors (Lipinski definition) is 0. The molecule has 6 rings (SSSR count). The van der Waals surface area contributed by atoms with Gasteiger partial charge < -0.3 is 18.7 Å². The summed E-state index contributed by atoms with van der Waals surface area (Å²) in [5, 5.41) is 19.2. The first-order valence-electron chi connectivity index (χ1n) is 11.0. The normalized spacial score (nSPS) is 16.0. The second kappa shape index (κ2) is 8.81. The summed E-state index contributed by atoms with van der Waals surface area (Å²) in [6.45, 7) is 2.16. The van der Waals surface area contributed by atoms with Crippen LogP contribution >= 0.6 is 0 Å². The van der Waals surface area contributed by atoms with E-state index in [0.29, 0.717) is 41.3 Å². The van der Waals surface area contributed by atoms with Crippen LogP contribution in [0.2, 0.25) is 0 Å². The number of pyridine rings is 1. The van der Waals surface area contributed by atoms with Crippen LogP contribution in [-0.2, 0) is 22.7 Å². The van der Waals surface area contributed by atoms with Gasteiger partial charge in [0, 0.05) is 42.7 Å². The Morgan fingerprint density at radius 1 is 1.09 bits per heavy atom. The standard InChI is InChI=1S/C24H22N6O4/c1-31-14-18-10-21(29-34-18)23-27-26-22-19-4-2-3-5-20(19)24(28-30(22)23)33-13-17-7-6-15(11-25-17)16-8-9-32-12-16/h2-7,10-11,16H,8-9,12-14H2,1H3. The highest BCUT2D eigenvalue weighted by Gasteiger charge is 2.20. The third-order valence-corrected chi connectivity index (χ3v) is 5.91. The van der Waals surface area contributed by atoms with E-state index in [9.17, 15) is 0 Å². The molecule has 34 heavy (non-hydrogen) atoms. The number of fused-ring (bicyclic) bond motifs is 3. The predicted molar refractivity (Wildman–Crippen MR) is 121 cm³/mol. The summed E-state index contributed by atoms with van der Waals surface area (Å²) in [7, 11) is 1.59. The zero-order chi connectivity index (χ0) is 22.9. The van der Waals surface area contributed by atoms with E-state index in [2.05, 4.69) is 26.4 Å². The fourth-order valence-corrected chi connectivity index (χ4v) is 4.15. The minimum Gasteiger partial charge on any atom is -0.470 e. The van der Waals surface area contributed by atoms with Gasteiger partial charge in [-0.25, -0.2) is 0 Å². The first kappa shape index (κ1) is 20.7. The summed E-state index contributed by atoms with van der Waals surface area (Å²) in [5.74, 6) is 1.92. The maximum atomic E-state index is 6.14. The number of aromatic nitrogens is 6. The molecule has 1 aliphatic rings. The molecule has 10 nitrogen and oxygen atoms in total. The minimum atomic E-state index is 0.281. The van der Waals surface area contributed by atoms with Crippen LogP contribution in [0.5, 0.6) is 5.88 Å². The monoisotopic (exact) mass is 458 g/mol. The van der Waals surface area contributed by atoms with Gasteiger partial charge in [-0.2, -0.15) is 4.52 Å². The Morgan fingerprint density at radius 3 is 2.79 bits per heavy atom. The molecule has 0 N–H and O–H groups in total. The number of methoxy groups -OCH3 is 1. The van der Waals surface area contributed by atoms with Crippen molar-refractivity contribution in [3.05, 3.63) is 65.7 Å². The Balaban J connectivity index is 1.33. The Labute approximate surface area is 194 Å². The lowest BCUT2D eigenvalue weighted by molar-refractivity contribution is 0.156. The van der Waals surface area contributed by atoms with E-state index in [1.54, 1.807) is 17.7 Å². The average Bonchev–Trinajstić information content (AvgIpc) is 3.64. The van der Waals surface area contributed by atoms with Crippen molar-refractivity contribution in [3.8, 4) is 17.4 Å². The van der Waals surface area contributed by atoms with Crippen LogP contribution in [-0.4, -0.2) is 50.3 Å². The molecule has 1 unspecified atom stereocenters. The molecule has 5 heterocycles. The fourth-order valence-electron chi connectivity index (χ4n) is 4.15. The fraction of sp³-hybridized carbons (Fsp3) is 0.292. The van der Waals surface area contributed by atoms with E-state index in [4.69, 9.17) is 23.8 Å². The van der Waals surface area contributed by atoms with E-state index >= 15 is 0 Å². The van der Waals surface area contributed by atoms with Gasteiger partial charge in [-0.1, -0.05) is 29.4 Å². The number of hydrogen-bond acceptors (Lipinski definition) is 9. The van der Waals surface area contributed by atoms with Crippen LogP contribution in [0.4, 0.5) is 0 Å². The van der Waals surface area contributed by atoms with Crippen molar-refractivity contribution in [2.24, 2.45) is 0 Å². The van der Waals surface area contributed by atoms with Crippen LogP contribution in [0.15, 0.2) is 53.2 Å². The first-order valence-corrected chi connectivity index (χ1v) is 11.0. The molecule has 1 aromatic carbocycles. The third-order valence-electron chi connectivity index (χ3n) is 5.91. The summed E-state index contributed by atoms with van der Waals surface area (Å²) >= 11 is 0. The van der Waals surface area contributed by atoms with E-state index < -0.39 is 0 Å². The largest absolute Gasteiger partial charge is 0.470 e. The SMILES string of the molecule is COCc1cc(-c2nnc3c4ccccc4c(OCc4ccc(C5CCOC5)cn4)nn23)no1. The third kappa shape index (κ3) is 3.76. The van der Waals surface area contributed by atoms with Crippen LogP contribution in [0.1, 0.15) is 29.4 Å². The maximum absolute atomic E-state index is 6.14. The molecule has 10 heteroatoms. The van der Waals surface area contributed by atoms with Gasteiger partial charge in [0.25, 0.3) is 0 Å². The number of benzene rings is 1. The second-order valence-corrected chi connectivity index (χ2v) is 8.15. The molecule has 0 spiro atoms. The first-order chi connectivity index (χ1) is 16.8. The Bertz CT molecular complexity index is 1440. The zero-order valence-electron chi connectivity index (χ0n) is 18.5. The molecule has 1 atom stereocenters. The molecule has 1 fully saturated rings. The quantitative estimate of drug-likeness (QED) is 0.361. The van der Waals surface area contributed by atoms with Gasteiger partial charge in [0.1, 0.15) is 13.2 Å². The highest BCUT2D eigenvalue weighted by molar-refractivity contribution is 5.96. The van der Waals surface area contributed by atoms with Gasteiger partial charge in [-0.05, 0) is 24.1 Å². The Hall–Kier alpha value is -3.89. The van der Waals surface area contributed by atoms with E-state index in [0.717, 1.165) is 36.1 Å². The molecule has 1 saturated heterocycles. The summed E-state index contributed by atoms with van der Waals surface area (Å²) in [6.07, 6.45) is 2.94. The maximum Gasteiger partial charge on any atom is 0.240 e. The van der Waals surface area contributed by atoms with E-state index in [1.807, 2.05) is 36.5 Å². The summed E-state index contributed by atoms with van der Waals surface area (Å²) < 4.78 is 23.7. The lowest BCUT2D eigenvalue weighted by atomic mass is 10.0. The van der Waals surface area contributed by atoms with Crippen molar-refractivity contribution in [2.75, 3.05) is 20.3 Å². The minimum absolute atomic E-state index is 0.281. The van der Waals surface area contributed by atoms with Crippen LogP contribution in [0.3, 0.4) is 0 Å². The molecule has 0 amide bonds. The highest BCUT2D eigenvalue weighted by atomic mass is 16.5. The molecular formula is C24H22N6O4. The molecule has 5 aromatic rings. The number of nitrogens with zero attached hydrogens (tertiary/aromatic N) is 6. The Morgan fingerprint density at radius 2 is 2.00 bits per heavy atom. The number of ether oxygens (including phenoxy) is 3. The van der Waals surface area contributed by atoms with E-state index in [-0.39, 0.29) is 6.61 Å². The molecule has 0 saturated carbocycles. The lowest BCUT2D eigenvalue weighted by Crippen LogP contribution is -2.05. The van der Waals surface area contributed by atoms with Crippen molar-refractivity contribution in [3.63, 3.8) is 0 Å². The van der Waals surface area contributed by atoms with Crippen LogP contribution < -0.4 is 4.74 Å². The molecular weight excluding hydrogens is 436 g/mol. The second-order valence-electron chi connectivity index (χ2n) is 8.15. The molecule has 1 aliphatic heterocycles. The van der Waals surface area contributed by atoms with Crippen molar-refractivity contribution in [1.29, 1.82) is 0 Å². The molecule has 0 radical (unpaired) electrons. The van der Waals surface area contributed by atoms with Gasteiger partial charge in [0.05, 0.1) is 12.3 Å². The van der Waals surface area contributed by atoms with Gasteiger partial charge in [0.2, 0.25) is 11.7 Å². The zero-order valence-corrected chi connectivity index (χ0v) is 18.5. The summed E-state index contributed by atoms with van der Waals surface area (Å²) in [6, 6.07) is 13.7. The summed E-state index contributed by atoms with van der Waals surface area (Å²) in [4.78, 5) is 4.58. The topological polar surface area (TPSA) is 110 Å². The average molecular weight is 458 g/mol. The van der Waals surface area contributed by atoms with Crippen molar-refractivity contribution < 1.29 is 18.7 Å². The Kier molecular flexibility index (Phi) is 5.36. The molecule has 0 aliphatic carbocycles. The number of rotatable bonds is 7. The highest BCUT2D eigenvalue weighted by Crippen LogP contribution is 2.29. The predicted octanol–water partition coefficient (Wildman–Crippen LogP) is 3.56. The molecule has 172 valence electrons. The smallest absolute Gasteiger partial charge is 0.240 e. The lowest BCUT2D eigenvalue weighted by Gasteiger charge is -2.11. The van der Waals surface area contributed by atoms with Crippen LogP contribution in [0, 0.1) is 0 Å². The van der Waals surface area contributed by atoms with Gasteiger partial charge in [-0.15, -0.1) is 15.3 Å². The van der Waals surface area contributed by atoms with Crippen molar-refractivity contribution in [1.82, 2.24) is 30.0 Å².